The SMILES string of the molecule is CNCCCN(C)C(=O)C1CCCC(N)C1. The molecule has 1 aliphatic carbocycles. The lowest BCUT2D eigenvalue weighted by Gasteiger charge is -2.29. The van der Waals surface area contributed by atoms with Crippen molar-refractivity contribution in [3.63, 3.8) is 0 Å². The second-order valence-corrected chi connectivity index (χ2v) is 4.84. The molecule has 1 amide bonds. The normalized spacial score (nSPS) is 25.4. The Balaban J connectivity index is 2.31. The summed E-state index contributed by atoms with van der Waals surface area (Å²) < 4.78 is 0. The van der Waals surface area contributed by atoms with Crippen molar-refractivity contribution in [1.29, 1.82) is 0 Å². The maximum absolute atomic E-state index is 12.1. The first-order chi connectivity index (χ1) is 7.65. The van der Waals surface area contributed by atoms with Crippen molar-refractivity contribution in [3.05, 3.63) is 0 Å². The molecule has 1 saturated carbocycles. The highest BCUT2D eigenvalue weighted by atomic mass is 16.2. The number of carbonyl (C=O) groups excluding carboxylic acids is 1. The second-order valence-electron chi connectivity index (χ2n) is 4.84. The van der Waals surface area contributed by atoms with E-state index in [0.29, 0.717) is 0 Å². The zero-order chi connectivity index (χ0) is 12.0. The summed E-state index contributed by atoms with van der Waals surface area (Å²) in [6.07, 6.45) is 5.07. The molecule has 4 nitrogen and oxygen atoms in total. The van der Waals surface area contributed by atoms with Crippen molar-refractivity contribution in [2.24, 2.45) is 11.7 Å². The smallest absolute Gasteiger partial charge is 0.225 e. The molecule has 0 saturated heterocycles. The summed E-state index contributed by atoms with van der Waals surface area (Å²) >= 11 is 0. The summed E-state index contributed by atoms with van der Waals surface area (Å²) in [4.78, 5) is 13.9. The third-order valence-electron chi connectivity index (χ3n) is 3.36. The van der Waals surface area contributed by atoms with Crippen LogP contribution in [0, 0.1) is 5.92 Å². The van der Waals surface area contributed by atoms with Crippen molar-refractivity contribution in [3.8, 4) is 0 Å². The molecule has 1 fully saturated rings. The van der Waals surface area contributed by atoms with Crippen molar-refractivity contribution >= 4 is 5.91 Å². The van der Waals surface area contributed by atoms with E-state index in [9.17, 15) is 4.79 Å². The molecule has 1 rings (SSSR count). The summed E-state index contributed by atoms with van der Waals surface area (Å²) in [6.45, 7) is 1.80. The average Bonchev–Trinajstić information content (AvgIpc) is 2.28. The van der Waals surface area contributed by atoms with E-state index >= 15 is 0 Å². The van der Waals surface area contributed by atoms with Crippen LogP contribution in [0.3, 0.4) is 0 Å². The Hall–Kier alpha value is -0.610. The lowest BCUT2D eigenvalue weighted by molar-refractivity contribution is -0.135. The summed E-state index contributed by atoms with van der Waals surface area (Å²) in [6, 6.07) is 0.230. The summed E-state index contributed by atoms with van der Waals surface area (Å²) in [7, 11) is 3.83. The van der Waals surface area contributed by atoms with Gasteiger partial charge in [0, 0.05) is 25.6 Å². The maximum atomic E-state index is 12.1. The quantitative estimate of drug-likeness (QED) is 0.675. The molecule has 0 aromatic rings. The van der Waals surface area contributed by atoms with Gasteiger partial charge in [-0.3, -0.25) is 4.79 Å². The van der Waals surface area contributed by atoms with Gasteiger partial charge in [-0.2, -0.15) is 0 Å². The minimum absolute atomic E-state index is 0.170. The Morgan fingerprint density at radius 1 is 1.50 bits per heavy atom. The van der Waals surface area contributed by atoms with E-state index in [2.05, 4.69) is 5.32 Å². The fourth-order valence-electron chi connectivity index (χ4n) is 2.37. The van der Waals surface area contributed by atoms with Crippen LogP contribution in [0.2, 0.25) is 0 Å². The number of hydrogen-bond acceptors (Lipinski definition) is 3. The van der Waals surface area contributed by atoms with E-state index < -0.39 is 0 Å². The van der Waals surface area contributed by atoms with E-state index in [1.165, 1.54) is 0 Å². The van der Waals surface area contributed by atoms with Crippen LogP contribution in [0.25, 0.3) is 0 Å². The predicted octanol–water partition coefficient (Wildman–Crippen LogP) is 0.572. The number of nitrogens with two attached hydrogens (primary N) is 1. The molecular weight excluding hydrogens is 202 g/mol. The van der Waals surface area contributed by atoms with Crippen LogP contribution < -0.4 is 11.1 Å². The van der Waals surface area contributed by atoms with Crippen molar-refractivity contribution in [1.82, 2.24) is 10.2 Å². The molecule has 0 aliphatic heterocycles. The zero-order valence-corrected chi connectivity index (χ0v) is 10.5. The average molecular weight is 227 g/mol. The van der Waals surface area contributed by atoms with Gasteiger partial charge in [-0.1, -0.05) is 6.42 Å². The largest absolute Gasteiger partial charge is 0.345 e. The zero-order valence-electron chi connectivity index (χ0n) is 10.5. The standard InChI is InChI=1S/C12H25N3O/c1-14-7-4-8-15(2)12(16)10-5-3-6-11(13)9-10/h10-11,14H,3-9,13H2,1-2H3. The van der Waals surface area contributed by atoms with Crippen molar-refractivity contribution in [2.45, 2.75) is 38.1 Å². The highest BCUT2D eigenvalue weighted by Crippen LogP contribution is 2.24. The highest BCUT2D eigenvalue weighted by Gasteiger charge is 2.27. The third kappa shape index (κ3) is 4.10. The van der Waals surface area contributed by atoms with Crippen molar-refractivity contribution in [2.75, 3.05) is 27.2 Å². The molecule has 0 radical (unpaired) electrons. The molecule has 1 aliphatic rings. The number of carbonyl (C=O) groups is 1. The molecule has 16 heavy (non-hydrogen) atoms. The molecule has 2 unspecified atom stereocenters. The molecule has 0 aromatic carbocycles. The monoisotopic (exact) mass is 227 g/mol. The fourth-order valence-corrected chi connectivity index (χ4v) is 2.37. The molecule has 2 atom stereocenters. The molecule has 94 valence electrons. The third-order valence-corrected chi connectivity index (χ3v) is 3.36. The van der Waals surface area contributed by atoms with Crippen LogP contribution in [0.15, 0.2) is 0 Å². The van der Waals surface area contributed by atoms with Gasteiger partial charge in [0.05, 0.1) is 0 Å². The molecule has 0 spiro atoms. The lowest BCUT2D eigenvalue weighted by atomic mass is 9.85. The Morgan fingerprint density at radius 3 is 2.88 bits per heavy atom. The van der Waals surface area contributed by atoms with Gasteiger partial charge < -0.3 is 16.0 Å². The summed E-state index contributed by atoms with van der Waals surface area (Å²) in [5.74, 6) is 0.453. The summed E-state index contributed by atoms with van der Waals surface area (Å²) in [5.41, 5.74) is 5.90. The van der Waals surface area contributed by atoms with Gasteiger partial charge in [-0.05, 0) is 39.3 Å². The second kappa shape index (κ2) is 6.86. The number of rotatable bonds is 5. The van der Waals surface area contributed by atoms with Crippen LogP contribution in [0.5, 0.6) is 0 Å². The van der Waals surface area contributed by atoms with Crippen LogP contribution in [-0.2, 0) is 4.79 Å². The van der Waals surface area contributed by atoms with Crippen LogP contribution >= 0.6 is 0 Å². The molecule has 0 aromatic heterocycles. The molecule has 3 N–H and O–H groups in total. The first-order valence-corrected chi connectivity index (χ1v) is 6.30. The Bertz CT molecular complexity index is 220. The van der Waals surface area contributed by atoms with E-state index in [4.69, 9.17) is 5.73 Å². The lowest BCUT2D eigenvalue weighted by Crippen LogP contribution is -2.39. The van der Waals surface area contributed by atoms with Gasteiger partial charge in [0.1, 0.15) is 0 Å². The van der Waals surface area contributed by atoms with Crippen LogP contribution in [0.4, 0.5) is 0 Å². The minimum atomic E-state index is 0.170. The Morgan fingerprint density at radius 2 is 2.25 bits per heavy atom. The first-order valence-electron chi connectivity index (χ1n) is 6.30. The van der Waals surface area contributed by atoms with Gasteiger partial charge >= 0.3 is 0 Å². The van der Waals surface area contributed by atoms with E-state index in [1.807, 2.05) is 19.0 Å². The van der Waals surface area contributed by atoms with E-state index in [1.54, 1.807) is 0 Å². The van der Waals surface area contributed by atoms with Gasteiger partial charge in [-0.15, -0.1) is 0 Å². The van der Waals surface area contributed by atoms with Gasteiger partial charge in [0.25, 0.3) is 0 Å². The van der Waals surface area contributed by atoms with Gasteiger partial charge in [0.15, 0.2) is 0 Å². The number of nitrogens with one attached hydrogen (secondary N) is 1. The minimum Gasteiger partial charge on any atom is -0.345 e. The summed E-state index contributed by atoms with van der Waals surface area (Å²) in [5, 5.41) is 3.09. The fraction of sp³-hybridized carbons (Fsp3) is 0.917. The maximum Gasteiger partial charge on any atom is 0.225 e. The van der Waals surface area contributed by atoms with Crippen LogP contribution in [-0.4, -0.2) is 44.0 Å². The van der Waals surface area contributed by atoms with Gasteiger partial charge in [0.2, 0.25) is 5.91 Å². The Kier molecular flexibility index (Phi) is 5.77. The van der Waals surface area contributed by atoms with E-state index in [0.717, 1.165) is 45.2 Å². The predicted molar refractivity (Wildman–Crippen MR) is 66.1 cm³/mol. The van der Waals surface area contributed by atoms with E-state index in [-0.39, 0.29) is 17.9 Å². The Labute approximate surface area is 98.6 Å². The topological polar surface area (TPSA) is 58.4 Å². The number of nitrogens with zero attached hydrogens (tertiary/aromatic N) is 1. The molecule has 4 heteroatoms. The van der Waals surface area contributed by atoms with Crippen LogP contribution in [0.1, 0.15) is 32.1 Å². The molecular formula is C12H25N3O. The number of amides is 1. The molecule has 0 heterocycles. The number of hydrogen-bond donors (Lipinski definition) is 2. The highest BCUT2D eigenvalue weighted by molar-refractivity contribution is 5.78. The first kappa shape index (κ1) is 13.5. The molecule has 0 bridgehead atoms. The van der Waals surface area contributed by atoms with Crippen molar-refractivity contribution < 1.29 is 4.79 Å². The van der Waals surface area contributed by atoms with Gasteiger partial charge in [-0.25, -0.2) is 0 Å².